The molecule has 0 aromatic heterocycles. The Balaban J connectivity index is 1.91. The van der Waals surface area contributed by atoms with Crippen LogP contribution in [0.2, 0.25) is 0 Å². The summed E-state index contributed by atoms with van der Waals surface area (Å²) in [4.78, 5) is 2.34. The predicted octanol–water partition coefficient (Wildman–Crippen LogP) is 1.32. The molecule has 0 unspecified atom stereocenters. The first kappa shape index (κ1) is 12.6. The number of hydrogen-bond acceptors (Lipinski definition) is 3. The van der Waals surface area contributed by atoms with Crippen molar-refractivity contribution in [2.24, 2.45) is 5.73 Å². The summed E-state index contributed by atoms with van der Waals surface area (Å²) >= 11 is 0. The average Bonchev–Trinajstić information content (AvgIpc) is 2.40. The Morgan fingerprint density at radius 1 is 1.18 bits per heavy atom. The van der Waals surface area contributed by atoms with E-state index < -0.39 is 0 Å². The van der Waals surface area contributed by atoms with Crippen LogP contribution in [-0.2, 0) is 6.54 Å². The van der Waals surface area contributed by atoms with Gasteiger partial charge in [0.25, 0.3) is 0 Å². The van der Waals surface area contributed by atoms with Gasteiger partial charge in [-0.3, -0.25) is 0 Å². The normalized spacial score (nSPS) is 18.5. The second-order valence-electron chi connectivity index (χ2n) is 4.79. The van der Waals surface area contributed by atoms with Crippen LogP contribution in [0.4, 0.5) is 0 Å². The van der Waals surface area contributed by atoms with Gasteiger partial charge in [0, 0.05) is 13.1 Å². The van der Waals surface area contributed by atoms with E-state index in [2.05, 4.69) is 29.2 Å². The van der Waals surface area contributed by atoms with Crippen LogP contribution >= 0.6 is 0 Å². The fraction of sp³-hybridized carbons (Fsp3) is 0.571. The molecular formula is C14H22N2O. The third-order valence-corrected chi connectivity index (χ3v) is 3.69. The number of benzene rings is 1. The first-order valence-electron chi connectivity index (χ1n) is 6.45. The number of aliphatic hydroxyl groups is 1. The molecule has 94 valence electrons. The molecule has 0 bridgehead atoms. The molecule has 1 aliphatic rings. The maximum absolute atomic E-state index is 8.91. The summed E-state index contributed by atoms with van der Waals surface area (Å²) in [5.41, 5.74) is 8.24. The highest BCUT2D eigenvalue weighted by Crippen LogP contribution is 2.27. The Morgan fingerprint density at radius 2 is 1.82 bits per heavy atom. The quantitative estimate of drug-likeness (QED) is 0.826. The zero-order chi connectivity index (χ0) is 12.1. The van der Waals surface area contributed by atoms with E-state index in [-0.39, 0.29) is 6.61 Å². The minimum atomic E-state index is 0.274. The van der Waals surface area contributed by atoms with E-state index in [1.807, 2.05) is 0 Å². The number of likely N-dealkylation sites (tertiary alicyclic amines) is 1. The summed E-state index contributed by atoms with van der Waals surface area (Å²) in [6.45, 7) is 3.91. The van der Waals surface area contributed by atoms with Gasteiger partial charge in [0.15, 0.2) is 0 Å². The van der Waals surface area contributed by atoms with Gasteiger partial charge in [-0.2, -0.15) is 0 Å². The zero-order valence-corrected chi connectivity index (χ0v) is 10.3. The fourth-order valence-electron chi connectivity index (χ4n) is 2.56. The Labute approximate surface area is 103 Å². The molecule has 3 N–H and O–H groups in total. The number of aliphatic hydroxyl groups excluding tert-OH is 1. The van der Waals surface area contributed by atoms with Crippen LogP contribution in [0.1, 0.15) is 29.9 Å². The number of hydrogen-bond donors (Lipinski definition) is 2. The number of rotatable bonds is 4. The molecule has 17 heavy (non-hydrogen) atoms. The Kier molecular flexibility index (Phi) is 4.54. The van der Waals surface area contributed by atoms with Crippen LogP contribution in [-0.4, -0.2) is 36.2 Å². The number of nitrogens with zero attached hydrogens (tertiary/aromatic N) is 1. The van der Waals surface area contributed by atoms with Crippen molar-refractivity contribution in [1.82, 2.24) is 4.90 Å². The summed E-state index contributed by atoms with van der Waals surface area (Å²) in [7, 11) is 0. The molecule has 1 aromatic carbocycles. The van der Waals surface area contributed by atoms with E-state index >= 15 is 0 Å². The van der Waals surface area contributed by atoms with Gasteiger partial charge in [-0.15, -0.1) is 0 Å². The molecule has 1 aromatic rings. The zero-order valence-electron chi connectivity index (χ0n) is 10.3. The van der Waals surface area contributed by atoms with Gasteiger partial charge in [0.1, 0.15) is 0 Å². The summed E-state index contributed by atoms with van der Waals surface area (Å²) in [5.74, 6) is 0.678. The van der Waals surface area contributed by atoms with Crippen molar-refractivity contribution in [2.45, 2.75) is 25.3 Å². The van der Waals surface area contributed by atoms with Crippen molar-refractivity contribution >= 4 is 0 Å². The SMILES string of the molecule is NCc1ccc(C2CCN(CCO)CC2)cc1. The fourth-order valence-corrected chi connectivity index (χ4v) is 2.56. The highest BCUT2D eigenvalue weighted by molar-refractivity contribution is 5.25. The van der Waals surface area contributed by atoms with E-state index in [4.69, 9.17) is 10.8 Å². The Morgan fingerprint density at radius 3 is 2.35 bits per heavy atom. The summed E-state index contributed by atoms with van der Waals surface area (Å²) in [6.07, 6.45) is 2.39. The number of β-amino-alcohol motifs (C(OH)–C–C–N with tert-alkyl or cyclic N) is 1. The lowest BCUT2D eigenvalue weighted by Crippen LogP contribution is -2.34. The van der Waals surface area contributed by atoms with Crippen molar-refractivity contribution in [3.05, 3.63) is 35.4 Å². The maximum Gasteiger partial charge on any atom is 0.0558 e. The van der Waals surface area contributed by atoms with E-state index in [9.17, 15) is 0 Å². The molecule has 1 heterocycles. The maximum atomic E-state index is 8.91. The molecule has 3 nitrogen and oxygen atoms in total. The summed E-state index contributed by atoms with van der Waals surface area (Å²) < 4.78 is 0. The molecule has 0 spiro atoms. The van der Waals surface area contributed by atoms with Crippen LogP contribution in [0.3, 0.4) is 0 Å². The van der Waals surface area contributed by atoms with Crippen molar-refractivity contribution < 1.29 is 5.11 Å². The molecule has 0 atom stereocenters. The van der Waals surface area contributed by atoms with E-state index in [0.717, 1.165) is 19.6 Å². The second kappa shape index (κ2) is 6.15. The Bertz CT molecular complexity index is 329. The molecule has 2 rings (SSSR count). The molecule has 1 fully saturated rings. The van der Waals surface area contributed by atoms with Crippen LogP contribution < -0.4 is 5.73 Å². The minimum absolute atomic E-state index is 0.274. The van der Waals surface area contributed by atoms with Gasteiger partial charge in [0.05, 0.1) is 6.61 Å². The molecule has 0 radical (unpaired) electrons. The van der Waals surface area contributed by atoms with E-state index in [0.29, 0.717) is 12.5 Å². The monoisotopic (exact) mass is 234 g/mol. The van der Waals surface area contributed by atoms with Crippen LogP contribution in [0, 0.1) is 0 Å². The smallest absolute Gasteiger partial charge is 0.0558 e. The van der Waals surface area contributed by atoms with Crippen LogP contribution in [0.15, 0.2) is 24.3 Å². The third kappa shape index (κ3) is 3.28. The van der Waals surface area contributed by atoms with Crippen molar-refractivity contribution in [3.8, 4) is 0 Å². The lowest BCUT2D eigenvalue weighted by Gasteiger charge is -2.31. The highest BCUT2D eigenvalue weighted by Gasteiger charge is 2.19. The van der Waals surface area contributed by atoms with Crippen molar-refractivity contribution in [2.75, 3.05) is 26.2 Å². The van der Waals surface area contributed by atoms with Crippen molar-refractivity contribution in [3.63, 3.8) is 0 Å². The van der Waals surface area contributed by atoms with Crippen molar-refractivity contribution in [1.29, 1.82) is 0 Å². The predicted molar refractivity (Wildman–Crippen MR) is 69.8 cm³/mol. The molecule has 0 saturated carbocycles. The lowest BCUT2D eigenvalue weighted by molar-refractivity contribution is 0.164. The minimum Gasteiger partial charge on any atom is -0.395 e. The van der Waals surface area contributed by atoms with Gasteiger partial charge in [-0.25, -0.2) is 0 Å². The van der Waals surface area contributed by atoms with Gasteiger partial charge < -0.3 is 15.7 Å². The third-order valence-electron chi connectivity index (χ3n) is 3.69. The standard InChI is InChI=1S/C14H22N2O/c15-11-12-1-3-13(4-2-12)14-5-7-16(8-6-14)9-10-17/h1-4,14,17H,5-11,15H2. The molecule has 0 amide bonds. The van der Waals surface area contributed by atoms with Gasteiger partial charge in [0.2, 0.25) is 0 Å². The average molecular weight is 234 g/mol. The lowest BCUT2D eigenvalue weighted by atomic mass is 9.89. The largest absolute Gasteiger partial charge is 0.395 e. The first-order chi connectivity index (χ1) is 8.33. The summed E-state index contributed by atoms with van der Waals surface area (Å²) in [5, 5.41) is 8.91. The van der Waals surface area contributed by atoms with Gasteiger partial charge in [-0.1, -0.05) is 24.3 Å². The van der Waals surface area contributed by atoms with E-state index in [1.54, 1.807) is 0 Å². The molecule has 1 saturated heterocycles. The first-order valence-corrected chi connectivity index (χ1v) is 6.45. The molecule has 0 aliphatic carbocycles. The summed E-state index contributed by atoms with van der Waals surface area (Å²) in [6, 6.07) is 8.70. The topological polar surface area (TPSA) is 49.5 Å². The molecule has 1 aliphatic heterocycles. The highest BCUT2D eigenvalue weighted by atomic mass is 16.3. The second-order valence-corrected chi connectivity index (χ2v) is 4.79. The molecular weight excluding hydrogens is 212 g/mol. The van der Waals surface area contributed by atoms with Crippen LogP contribution in [0.5, 0.6) is 0 Å². The number of piperidine rings is 1. The van der Waals surface area contributed by atoms with Crippen LogP contribution in [0.25, 0.3) is 0 Å². The Hall–Kier alpha value is -0.900. The van der Waals surface area contributed by atoms with E-state index in [1.165, 1.54) is 24.0 Å². The number of nitrogens with two attached hydrogens (primary N) is 1. The van der Waals surface area contributed by atoms with Gasteiger partial charge in [-0.05, 0) is 43.0 Å². The van der Waals surface area contributed by atoms with Gasteiger partial charge >= 0.3 is 0 Å². The molecule has 3 heteroatoms.